The van der Waals surface area contributed by atoms with Gasteiger partial charge in [-0.25, -0.2) is 0 Å². The molecule has 156 valence electrons. The maximum absolute atomic E-state index is 12.7. The zero-order valence-corrected chi connectivity index (χ0v) is 17.8. The quantitative estimate of drug-likeness (QED) is 0.629. The van der Waals surface area contributed by atoms with Crippen LogP contribution in [0, 0.1) is 5.92 Å². The lowest BCUT2D eigenvalue weighted by atomic mass is 9.95. The molecule has 1 N–H and O–H groups in total. The number of nitrogens with one attached hydrogen (secondary N) is 1. The van der Waals surface area contributed by atoms with E-state index in [2.05, 4.69) is 41.4 Å². The number of benzene rings is 2. The van der Waals surface area contributed by atoms with E-state index in [9.17, 15) is 4.79 Å². The Labute approximate surface area is 175 Å². The minimum absolute atomic E-state index is 0.0979. The van der Waals surface area contributed by atoms with Crippen LogP contribution in [0.5, 0.6) is 5.75 Å². The number of aryl methyl sites for hydroxylation is 1. The van der Waals surface area contributed by atoms with Crippen molar-refractivity contribution in [1.82, 2.24) is 4.90 Å². The van der Waals surface area contributed by atoms with E-state index in [1.165, 1.54) is 24.0 Å². The summed E-state index contributed by atoms with van der Waals surface area (Å²) >= 11 is 0. The summed E-state index contributed by atoms with van der Waals surface area (Å²) < 4.78 is 5.60. The van der Waals surface area contributed by atoms with E-state index >= 15 is 0 Å². The van der Waals surface area contributed by atoms with Crippen molar-refractivity contribution < 1.29 is 9.53 Å². The van der Waals surface area contributed by atoms with Crippen LogP contribution in [0.4, 0.5) is 5.69 Å². The molecule has 29 heavy (non-hydrogen) atoms. The number of rotatable bonds is 9. The number of hydrogen-bond acceptors (Lipinski definition) is 3. The Morgan fingerprint density at radius 1 is 1.07 bits per heavy atom. The molecule has 0 spiro atoms. The topological polar surface area (TPSA) is 41.6 Å². The van der Waals surface area contributed by atoms with E-state index in [1.807, 2.05) is 31.2 Å². The molecular weight excluding hydrogens is 360 g/mol. The third kappa shape index (κ3) is 6.60. The SMILES string of the molecule is CCCCc1ccc(NC(=O)C2CCN(Cc3cccc(OCC)c3)CC2)cc1. The van der Waals surface area contributed by atoms with E-state index in [-0.39, 0.29) is 11.8 Å². The average molecular weight is 395 g/mol. The van der Waals surface area contributed by atoms with Gasteiger partial charge < -0.3 is 10.1 Å². The van der Waals surface area contributed by atoms with Crippen LogP contribution in [-0.4, -0.2) is 30.5 Å². The van der Waals surface area contributed by atoms with Crippen LogP contribution in [0.1, 0.15) is 50.7 Å². The van der Waals surface area contributed by atoms with Crippen molar-refractivity contribution >= 4 is 11.6 Å². The van der Waals surface area contributed by atoms with Crippen molar-refractivity contribution in [3.05, 3.63) is 59.7 Å². The Bertz CT molecular complexity index is 765. The van der Waals surface area contributed by atoms with E-state index < -0.39 is 0 Å². The van der Waals surface area contributed by atoms with Gasteiger partial charge in [-0.3, -0.25) is 9.69 Å². The van der Waals surface area contributed by atoms with Gasteiger partial charge in [0.05, 0.1) is 6.61 Å². The Balaban J connectivity index is 1.45. The van der Waals surface area contributed by atoms with Crippen molar-refractivity contribution in [3.8, 4) is 5.75 Å². The van der Waals surface area contributed by atoms with E-state index in [4.69, 9.17) is 4.74 Å². The maximum Gasteiger partial charge on any atom is 0.227 e. The summed E-state index contributed by atoms with van der Waals surface area (Å²) in [7, 11) is 0. The van der Waals surface area contributed by atoms with Gasteiger partial charge in [0.2, 0.25) is 5.91 Å². The molecule has 0 aliphatic carbocycles. The molecule has 0 atom stereocenters. The standard InChI is InChI=1S/C25H34N2O2/c1-3-5-7-20-10-12-23(13-11-20)26-25(28)22-14-16-27(17-15-22)19-21-8-6-9-24(18-21)29-4-2/h6,8-13,18,22H,3-5,7,14-17,19H2,1-2H3,(H,26,28). The fourth-order valence-electron chi connectivity index (χ4n) is 3.89. The molecule has 1 aliphatic heterocycles. The number of nitrogens with zero attached hydrogens (tertiary/aromatic N) is 1. The zero-order valence-electron chi connectivity index (χ0n) is 17.8. The molecule has 0 unspecified atom stereocenters. The summed E-state index contributed by atoms with van der Waals surface area (Å²) in [4.78, 5) is 15.1. The molecule has 1 heterocycles. The smallest absolute Gasteiger partial charge is 0.227 e. The molecule has 2 aromatic rings. The highest BCUT2D eigenvalue weighted by Gasteiger charge is 2.25. The first-order valence-corrected chi connectivity index (χ1v) is 11.0. The van der Waals surface area contributed by atoms with Crippen molar-refractivity contribution in [3.63, 3.8) is 0 Å². The molecule has 4 nitrogen and oxygen atoms in total. The van der Waals surface area contributed by atoms with Gasteiger partial charge in [-0.1, -0.05) is 37.6 Å². The largest absolute Gasteiger partial charge is 0.494 e. The predicted molar refractivity (Wildman–Crippen MR) is 119 cm³/mol. The highest BCUT2D eigenvalue weighted by molar-refractivity contribution is 5.92. The second-order valence-corrected chi connectivity index (χ2v) is 7.92. The number of ether oxygens (including phenoxy) is 1. The maximum atomic E-state index is 12.7. The van der Waals surface area contributed by atoms with Crippen LogP contribution in [0.25, 0.3) is 0 Å². The van der Waals surface area contributed by atoms with Crippen LogP contribution < -0.4 is 10.1 Å². The Kier molecular flexibility index (Phi) is 8.12. The summed E-state index contributed by atoms with van der Waals surface area (Å²) in [6.07, 6.45) is 5.34. The van der Waals surface area contributed by atoms with Gasteiger partial charge in [-0.05, 0) is 81.1 Å². The summed E-state index contributed by atoms with van der Waals surface area (Å²) in [6, 6.07) is 16.6. The second kappa shape index (κ2) is 11.0. The van der Waals surface area contributed by atoms with Gasteiger partial charge >= 0.3 is 0 Å². The second-order valence-electron chi connectivity index (χ2n) is 7.92. The van der Waals surface area contributed by atoms with Crippen LogP contribution >= 0.6 is 0 Å². The number of unbranched alkanes of at least 4 members (excludes halogenated alkanes) is 1. The molecule has 2 aromatic carbocycles. The van der Waals surface area contributed by atoms with Gasteiger partial charge in [-0.2, -0.15) is 0 Å². The van der Waals surface area contributed by atoms with E-state index in [0.29, 0.717) is 6.61 Å². The summed E-state index contributed by atoms with van der Waals surface area (Å²) in [6.45, 7) is 7.71. The molecule has 3 rings (SSSR count). The fourth-order valence-corrected chi connectivity index (χ4v) is 3.89. The average Bonchev–Trinajstić information content (AvgIpc) is 2.74. The van der Waals surface area contributed by atoms with Crippen LogP contribution in [0.2, 0.25) is 0 Å². The van der Waals surface area contributed by atoms with Gasteiger partial charge in [0.1, 0.15) is 5.75 Å². The Hall–Kier alpha value is -2.33. The number of carbonyl (C=O) groups is 1. The lowest BCUT2D eigenvalue weighted by Crippen LogP contribution is -2.37. The minimum atomic E-state index is 0.0979. The number of carbonyl (C=O) groups excluding carboxylic acids is 1. The zero-order chi connectivity index (χ0) is 20.5. The molecule has 0 aromatic heterocycles. The highest BCUT2D eigenvalue weighted by Crippen LogP contribution is 2.22. The van der Waals surface area contributed by atoms with Crippen LogP contribution in [-0.2, 0) is 17.8 Å². The Morgan fingerprint density at radius 3 is 2.52 bits per heavy atom. The molecule has 4 heteroatoms. The lowest BCUT2D eigenvalue weighted by Gasteiger charge is -2.31. The summed E-state index contributed by atoms with van der Waals surface area (Å²) in [5.74, 6) is 1.19. The lowest BCUT2D eigenvalue weighted by molar-refractivity contribution is -0.121. The molecule has 0 saturated carbocycles. The highest BCUT2D eigenvalue weighted by atomic mass is 16.5. The normalized spacial score (nSPS) is 15.2. The molecule has 0 bridgehead atoms. The fraction of sp³-hybridized carbons (Fsp3) is 0.480. The third-order valence-electron chi connectivity index (χ3n) is 5.61. The minimum Gasteiger partial charge on any atom is -0.494 e. The first-order valence-electron chi connectivity index (χ1n) is 11.0. The van der Waals surface area contributed by atoms with Gasteiger partial charge in [0.15, 0.2) is 0 Å². The predicted octanol–water partition coefficient (Wildman–Crippen LogP) is 5.28. The number of piperidine rings is 1. The molecule has 1 fully saturated rings. The van der Waals surface area contributed by atoms with Crippen molar-refractivity contribution in [2.45, 2.75) is 52.5 Å². The van der Waals surface area contributed by atoms with Crippen molar-refractivity contribution in [1.29, 1.82) is 0 Å². The monoisotopic (exact) mass is 394 g/mol. The van der Waals surface area contributed by atoms with Gasteiger partial charge in [0.25, 0.3) is 0 Å². The number of amides is 1. The van der Waals surface area contributed by atoms with Gasteiger partial charge in [0, 0.05) is 18.2 Å². The first-order chi connectivity index (χ1) is 14.2. The first kappa shape index (κ1) is 21.4. The molecular formula is C25H34N2O2. The molecule has 1 amide bonds. The third-order valence-corrected chi connectivity index (χ3v) is 5.61. The van der Waals surface area contributed by atoms with Crippen LogP contribution in [0.3, 0.4) is 0 Å². The van der Waals surface area contributed by atoms with Crippen LogP contribution in [0.15, 0.2) is 48.5 Å². The number of hydrogen-bond donors (Lipinski definition) is 1. The molecule has 1 saturated heterocycles. The summed E-state index contributed by atoms with van der Waals surface area (Å²) in [5, 5.41) is 3.11. The molecule has 0 radical (unpaired) electrons. The van der Waals surface area contributed by atoms with Crippen molar-refractivity contribution in [2.75, 3.05) is 25.0 Å². The molecule has 1 aliphatic rings. The summed E-state index contributed by atoms with van der Waals surface area (Å²) in [5.41, 5.74) is 3.51. The van der Waals surface area contributed by atoms with E-state index in [0.717, 1.165) is 50.3 Å². The van der Waals surface area contributed by atoms with Gasteiger partial charge in [-0.15, -0.1) is 0 Å². The van der Waals surface area contributed by atoms with E-state index in [1.54, 1.807) is 0 Å². The Morgan fingerprint density at radius 2 is 1.83 bits per heavy atom. The number of anilines is 1. The van der Waals surface area contributed by atoms with Crippen molar-refractivity contribution in [2.24, 2.45) is 5.92 Å². The number of likely N-dealkylation sites (tertiary alicyclic amines) is 1.